The summed E-state index contributed by atoms with van der Waals surface area (Å²) in [5.41, 5.74) is 6.12. The molecule has 5 heteroatoms. The maximum atomic E-state index is 6.47. The normalized spacial score (nSPS) is 19.6. The second-order valence-corrected chi connectivity index (χ2v) is 8.30. The molecule has 3 nitrogen and oxygen atoms in total. The van der Waals surface area contributed by atoms with Crippen LogP contribution in [0.25, 0.3) is 11.4 Å². The van der Waals surface area contributed by atoms with Gasteiger partial charge in [0.1, 0.15) is 5.82 Å². The van der Waals surface area contributed by atoms with Crippen LogP contribution < -0.4 is 0 Å². The molecule has 2 heterocycles. The summed E-state index contributed by atoms with van der Waals surface area (Å²) in [7, 11) is 0. The summed E-state index contributed by atoms with van der Waals surface area (Å²) in [5, 5.41) is 1.65. The van der Waals surface area contributed by atoms with Gasteiger partial charge in [0.15, 0.2) is 0 Å². The van der Waals surface area contributed by atoms with Crippen molar-refractivity contribution < 1.29 is 0 Å². The number of nitrogens with zero attached hydrogens (tertiary/aromatic N) is 2. The van der Waals surface area contributed by atoms with E-state index in [1.165, 1.54) is 28.9 Å². The third kappa shape index (κ3) is 3.18. The molecule has 0 saturated heterocycles. The zero-order valence-corrected chi connectivity index (χ0v) is 16.5. The lowest BCUT2D eigenvalue weighted by molar-refractivity contribution is 0.160. The smallest absolute Gasteiger partial charge is 0.139 e. The van der Waals surface area contributed by atoms with Gasteiger partial charge in [0.2, 0.25) is 0 Å². The standard InChI is InChI=1S/C22H21Cl2N3/c23-18-6-2-1-5-16(18)22-25-20-10-11-27(13-21(20)26-22)15-9-8-14-4-3-7-19(24)17(14)12-15/h1-7,15H,8-13H2,(H,25,26)/t15-/m1/s1. The Morgan fingerprint density at radius 2 is 1.85 bits per heavy atom. The van der Waals surface area contributed by atoms with Gasteiger partial charge in [0.05, 0.1) is 16.4 Å². The number of aromatic nitrogens is 2. The average Bonchev–Trinajstić information content (AvgIpc) is 3.11. The molecule has 1 atom stereocenters. The molecule has 0 unspecified atom stereocenters. The summed E-state index contributed by atoms with van der Waals surface area (Å²) in [6.45, 7) is 1.96. The quantitative estimate of drug-likeness (QED) is 0.635. The minimum Gasteiger partial charge on any atom is -0.340 e. The van der Waals surface area contributed by atoms with E-state index in [1.54, 1.807) is 0 Å². The fourth-order valence-corrected chi connectivity index (χ4v) is 4.94. The summed E-state index contributed by atoms with van der Waals surface area (Å²) in [4.78, 5) is 10.9. The molecule has 0 amide bonds. The van der Waals surface area contributed by atoms with Crippen molar-refractivity contribution in [2.75, 3.05) is 6.54 Å². The van der Waals surface area contributed by atoms with E-state index in [0.29, 0.717) is 6.04 Å². The van der Waals surface area contributed by atoms with Crippen LogP contribution in [0.1, 0.15) is 28.9 Å². The molecule has 0 radical (unpaired) electrons. The van der Waals surface area contributed by atoms with Crippen LogP contribution in [0.2, 0.25) is 10.0 Å². The second kappa shape index (κ2) is 6.97. The van der Waals surface area contributed by atoms with Crippen LogP contribution in [0.3, 0.4) is 0 Å². The zero-order chi connectivity index (χ0) is 18.4. The first-order chi connectivity index (χ1) is 13.2. The van der Waals surface area contributed by atoms with Crippen molar-refractivity contribution in [3.8, 4) is 11.4 Å². The number of fused-ring (bicyclic) bond motifs is 2. The molecule has 1 aliphatic carbocycles. The molecule has 1 N–H and O–H groups in total. The second-order valence-electron chi connectivity index (χ2n) is 7.49. The van der Waals surface area contributed by atoms with E-state index in [-0.39, 0.29) is 0 Å². The number of aryl methyl sites for hydroxylation is 1. The van der Waals surface area contributed by atoms with Crippen molar-refractivity contribution >= 4 is 23.2 Å². The van der Waals surface area contributed by atoms with E-state index < -0.39 is 0 Å². The minimum absolute atomic E-state index is 0.539. The average molecular weight is 398 g/mol. The molecule has 5 rings (SSSR count). The van der Waals surface area contributed by atoms with E-state index in [1.807, 2.05) is 30.3 Å². The maximum Gasteiger partial charge on any atom is 0.139 e. The molecule has 1 aromatic heterocycles. The van der Waals surface area contributed by atoms with Gasteiger partial charge in [-0.3, -0.25) is 4.90 Å². The molecule has 27 heavy (non-hydrogen) atoms. The van der Waals surface area contributed by atoms with Crippen LogP contribution in [0.4, 0.5) is 0 Å². The molecule has 0 saturated carbocycles. The lowest BCUT2D eigenvalue weighted by Gasteiger charge is -2.37. The monoisotopic (exact) mass is 397 g/mol. The van der Waals surface area contributed by atoms with Gasteiger partial charge >= 0.3 is 0 Å². The Morgan fingerprint density at radius 3 is 2.74 bits per heavy atom. The molecular weight excluding hydrogens is 377 g/mol. The van der Waals surface area contributed by atoms with Crippen molar-refractivity contribution in [1.29, 1.82) is 0 Å². The fraction of sp³-hybridized carbons (Fsp3) is 0.318. The van der Waals surface area contributed by atoms with Gasteiger partial charge in [0, 0.05) is 36.1 Å². The molecule has 0 fully saturated rings. The highest BCUT2D eigenvalue weighted by Crippen LogP contribution is 2.33. The van der Waals surface area contributed by atoms with Crippen LogP contribution in [0, 0.1) is 0 Å². The largest absolute Gasteiger partial charge is 0.340 e. The summed E-state index contributed by atoms with van der Waals surface area (Å²) in [6.07, 6.45) is 4.31. The number of hydrogen-bond donors (Lipinski definition) is 1. The summed E-state index contributed by atoms with van der Waals surface area (Å²) in [5.74, 6) is 0.879. The Balaban J connectivity index is 1.38. The van der Waals surface area contributed by atoms with Gasteiger partial charge in [0.25, 0.3) is 0 Å². The number of hydrogen-bond acceptors (Lipinski definition) is 2. The molecule has 2 aromatic carbocycles. The highest BCUT2D eigenvalue weighted by Gasteiger charge is 2.29. The van der Waals surface area contributed by atoms with Gasteiger partial charge in [-0.2, -0.15) is 0 Å². The Bertz CT molecular complexity index is 995. The van der Waals surface area contributed by atoms with Gasteiger partial charge in [-0.1, -0.05) is 47.5 Å². The van der Waals surface area contributed by atoms with Gasteiger partial charge in [-0.25, -0.2) is 4.98 Å². The first-order valence-corrected chi connectivity index (χ1v) is 10.3. The van der Waals surface area contributed by atoms with Crippen LogP contribution in [0.15, 0.2) is 42.5 Å². The predicted molar refractivity (Wildman–Crippen MR) is 110 cm³/mol. The van der Waals surface area contributed by atoms with Crippen molar-refractivity contribution in [2.45, 2.75) is 38.3 Å². The zero-order valence-electron chi connectivity index (χ0n) is 15.0. The molecule has 1 aliphatic heterocycles. The lowest BCUT2D eigenvalue weighted by Crippen LogP contribution is -2.42. The highest BCUT2D eigenvalue weighted by atomic mass is 35.5. The van der Waals surface area contributed by atoms with Crippen molar-refractivity contribution in [3.05, 3.63) is 75.0 Å². The summed E-state index contributed by atoms with van der Waals surface area (Å²) < 4.78 is 0. The van der Waals surface area contributed by atoms with Crippen LogP contribution in [-0.2, 0) is 25.8 Å². The summed E-state index contributed by atoms with van der Waals surface area (Å²) >= 11 is 12.8. The predicted octanol–water partition coefficient (Wildman–Crippen LogP) is 5.30. The third-order valence-electron chi connectivity index (χ3n) is 5.91. The first kappa shape index (κ1) is 17.3. The lowest BCUT2D eigenvalue weighted by atomic mass is 9.87. The molecule has 3 aromatic rings. The van der Waals surface area contributed by atoms with Crippen molar-refractivity contribution in [1.82, 2.24) is 14.9 Å². The maximum absolute atomic E-state index is 6.47. The molecule has 138 valence electrons. The third-order valence-corrected chi connectivity index (χ3v) is 6.59. The van der Waals surface area contributed by atoms with Crippen LogP contribution in [-0.4, -0.2) is 27.5 Å². The molecule has 2 aliphatic rings. The molecular formula is C22H21Cl2N3. The Morgan fingerprint density at radius 1 is 1.00 bits per heavy atom. The van der Waals surface area contributed by atoms with Crippen LogP contribution >= 0.6 is 23.2 Å². The number of rotatable bonds is 2. The SMILES string of the molecule is Clc1ccccc1-c1nc2c([nH]1)CN([C@@H]1CCc3cccc(Cl)c3C1)CC2. The number of H-pyrrole nitrogens is 1. The molecule has 0 bridgehead atoms. The number of benzene rings is 2. The number of imidazole rings is 1. The van der Waals surface area contributed by atoms with E-state index in [2.05, 4.69) is 22.0 Å². The van der Waals surface area contributed by atoms with Gasteiger partial charge < -0.3 is 4.98 Å². The Labute approximate surface area is 169 Å². The highest BCUT2D eigenvalue weighted by molar-refractivity contribution is 6.33. The van der Waals surface area contributed by atoms with E-state index in [0.717, 1.165) is 53.8 Å². The Kier molecular flexibility index (Phi) is 4.47. The van der Waals surface area contributed by atoms with E-state index in [9.17, 15) is 0 Å². The van der Waals surface area contributed by atoms with Gasteiger partial charge in [-0.05, 0) is 48.6 Å². The van der Waals surface area contributed by atoms with E-state index >= 15 is 0 Å². The number of halogens is 2. The Hall–Kier alpha value is -1.81. The number of nitrogens with one attached hydrogen (secondary N) is 1. The first-order valence-electron chi connectivity index (χ1n) is 9.52. The molecule has 0 spiro atoms. The van der Waals surface area contributed by atoms with Crippen LogP contribution in [0.5, 0.6) is 0 Å². The van der Waals surface area contributed by atoms with Crippen molar-refractivity contribution in [3.63, 3.8) is 0 Å². The topological polar surface area (TPSA) is 31.9 Å². The minimum atomic E-state index is 0.539. The van der Waals surface area contributed by atoms with Crippen molar-refractivity contribution in [2.24, 2.45) is 0 Å². The van der Waals surface area contributed by atoms with Gasteiger partial charge in [-0.15, -0.1) is 0 Å². The summed E-state index contributed by atoms with van der Waals surface area (Å²) in [6, 6.07) is 14.7. The van der Waals surface area contributed by atoms with E-state index in [4.69, 9.17) is 28.2 Å². The fourth-order valence-electron chi connectivity index (χ4n) is 4.44. The number of aromatic amines is 1.